The molecular weight excluding hydrogens is 314 g/mol. The van der Waals surface area contributed by atoms with Crippen LogP contribution in [0.4, 0.5) is 4.79 Å². The summed E-state index contributed by atoms with van der Waals surface area (Å²) in [5.41, 5.74) is 0.314. The average Bonchev–Trinajstić information content (AvgIpc) is 2.93. The number of esters is 1. The Balaban J connectivity index is 2.23. The summed E-state index contributed by atoms with van der Waals surface area (Å²) in [4.78, 5) is 25.6. The summed E-state index contributed by atoms with van der Waals surface area (Å²) in [5.74, 6) is 0.421. The summed E-state index contributed by atoms with van der Waals surface area (Å²) in [6.07, 6.45) is -0.880. The Morgan fingerprint density at radius 3 is 2.48 bits per heavy atom. The lowest BCUT2D eigenvalue weighted by molar-refractivity contribution is -0.148. The summed E-state index contributed by atoms with van der Waals surface area (Å²) in [6.45, 7) is 7.47. The number of benzene rings is 1. The van der Waals surface area contributed by atoms with Crippen molar-refractivity contribution in [3.8, 4) is 0 Å². The van der Waals surface area contributed by atoms with Gasteiger partial charge in [-0.2, -0.15) is 0 Å². The summed E-state index contributed by atoms with van der Waals surface area (Å²) < 4.78 is 11.0. The molecule has 126 valence electrons. The van der Waals surface area contributed by atoms with E-state index in [-0.39, 0.29) is 17.4 Å². The lowest BCUT2D eigenvalue weighted by Gasteiger charge is -2.32. The van der Waals surface area contributed by atoms with E-state index in [0.29, 0.717) is 6.54 Å². The van der Waals surface area contributed by atoms with Gasteiger partial charge in [-0.15, -0.1) is 11.8 Å². The molecule has 1 aromatic rings. The highest BCUT2D eigenvalue weighted by Crippen LogP contribution is 2.37. The molecule has 5 nitrogen and oxygen atoms in total. The number of rotatable bonds is 3. The van der Waals surface area contributed by atoms with Gasteiger partial charge < -0.3 is 9.47 Å². The van der Waals surface area contributed by atoms with Gasteiger partial charge in [0.25, 0.3) is 0 Å². The summed E-state index contributed by atoms with van der Waals surface area (Å²) >= 11 is 1.60. The molecule has 0 unspecified atom stereocenters. The van der Waals surface area contributed by atoms with Crippen molar-refractivity contribution in [1.82, 2.24) is 4.90 Å². The van der Waals surface area contributed by atoms with Crippen LogP contribution in [0, 0.1) is 0 Å². The van der Waals surface area contributed by atoms with Crippen molar-refractivity contribution < 1.29 is 19.1 Å². The average molecular weight is 337 g/mol. The normalized spacial score (nSPS) is 19.3. The lowest BCUT2D eigenvalue weighted by Crippen LogP contribution is -2.42. The SMILES string of the molecule is CC(=O)O[C@H](c1ccccc1)[C@@H]1SCCN1C(=O)OC(C)(C)C. The van der Waals surface area contributed by atoms with Crippen LogP contribution in [0.15, 0.2) is 30.3 Å². The second kappa shape index (κ2) is 7.25. The number of nitrogens with zero attached hydrogens (tertiary/aromatic N) is 1. The minimum atomic E-state index is -0.557. The largest absolute Gasteiger partial charge is 0.455 e. The Morgan fingerprint density at radius 2 is 1.91 bits per heavy atom. The zero-order chi connectivity index (χ0) is 17.0. The van der Waals surface area contributed by atoms with Crippen LogP contribution in [-0.2, 0) is 14.3 Å². The smallest absolute Gasteiger partial charge is 0.411 e. The van der Waals surface area contributed by atoms with Crippen molar-refractivity contribution in [3.05, 3.63) is 35.9 Å². The van der Waals surface area contributed by atoms with Crippen LogP contribution in [0.3, 0.4) is 0 Å². The first-order valence-electron chi connectivity index (χ1n) is 7.61. The Labute approximate surface area is 141 Å². The fraction of sp³-hybridized carbons (Fsp3) is 0.529. The molecule has 0 aromatic heterocycles. The van der Waals surface area contributed by atoms with E-state index in [0.717, 1.165) is 11.3 Å². The van der Waals surface area contributed by atoms with Gasteiger partial charge in [0.2, 0.25) is 0 Å². The molecule has 1 aliphatic rings. The van der Waals surface area contributed by atoms with E-state index in [9.17, 15) is 9.59 Å². The van der Waals surface area contributed by atoms with Crippen molar-refractivity contribution >= 4 is 23.8 Å². The van der Waals surface area contributed by atoms with Gasteiger partial charge in [-0.25, -0.2) is 4.79 Å². The van der Waals surface area contributed by atoms with Crippen molar-refractivity contribution in [2.45, 2.75) is 44.8 Å². The number of hydrogen-bond donors (Lipinski definition) is 0. The number of ether oxygens (including phenoxy) is 2. The van der Waals surface area contributed by atoms with E-state index in [1.807, 2.05) is 51.1 Å². The van der Waals surface area contributed by atoms with Gasteiger partial charge in [0.1, 0.15) is 11.0 Å². The molecule has 1 amide bonds. The van der Waals surface area contributed by atoms with Gasteiger partial charge in [0, 0.05) is 19.2 Å². The molecular formula is C17H23NO4S. The van der Waals surface area contributed by atoms with Crippen LogP contribution in [0.2, 0.25) is 0 Å². The first kappa shape index (κ1) is 17.7. The Morgan fingerprint density at radius 1 is 1.26 bits per heavy atom. The highest BCUT2D eigenvalue weighted by atomic mass is 32.2. The van der Waals surface area contributed by atoms with E-state index < -0.39 is 11.7 Å². The van der Waals surface area contributed by atoms with E-state index in [4.69, 9.17) is 9.47 Å². The minimum Gasteiger partial charge on any atom is -0.455 e. The standard InChI is InChI=1S/C17H23NO4S/c1-12(19)21-14(13-8-6-5-7-9-13)15-18(10-11-23-15)16(20)22-17(2,3)4/h5-9,14-15H,10-11H2,1-4H3/t14-,15+/m1/s1. The van der Waals surface area contributed by atoms with Crippen LogP contribution in [0.1, 0.15) is 39.4 Å². The van der Waals surface area contributed by atoms with Crippen molar-refractivity contribution in [1.29, 1.82) is 0 Å². The van der Waals surface area contributed by atoms with Gasteiger partial charge in [-0.1, -0.05) is 30.3 Å². The predicted octanol–water partition coefficient (Wildman–Crippen LogP) is 3.60. The van der Waals surface area contributed by atoms with Gasteiger partial charge in [-0.3, -0.25) is 9.69 Å². The van der Waals surface area contributed by atoms with Gasteiger partial charge in [-0.05, 0) is 26.3 Å². The quantitative estimate of drug-likeness (QED) is 0.789. The molecule has 1 saturated heterocycles. The Kier molecular flexibility index (Phi) is 5.57. The number of hydrogen-bond acceptors (Lipinski definition) is 5. The molecule has 2 rings (SSSR count). The third-order valence-corrected chi connectivity index (χ3v) is 4.50. The fourth-order valence-electron chi connectivity index (χ4n) is 2.37. The highest BCUT2D eigenvalue weighted by molar-refractivity contribution is 8.00. The molecule has 1 aliphatic heterocycles. The maximum absolute atomic E-state index is 12.4. The van der Waals surface area contributed by atoms with Gasteiger partial charge in [0.15, 0.2) is 6.10 Å². The first-order valence-corrected chi connectivity index (χ1v) is 8.66. The summed E-state index contributed by atoms with van der Waals surface area (Å²) in [5, 5.41) is -0.281. The molecule has 0 saturated carbocycles. The number of carbonyl (C=O) groups excluding carboxylic acids is 2. The van der Waals surface area contributed by atoms with Gasteiger partial charge in [0.05, 0.1) is 0 Å². The first-order chi connectivity index (χ1) is 10.8. The molecule has 1 aromatic carbocycles. The Bertz CT molecular complexity index is 555. The van der Waals surface area contributed by atoms with Crippen molar-refractivity contribution in [2.24, 2.45) is 0 Å². The van der Waals surface area contributed by atoms with E-state index >= 15 is 0 Å². The zero-order valence-corrected chi connectivity index (χ0v) is 14.8. The third kappa shape index (κ3) is 4.89. The molecule has 1 fully saturated rings. The van der Waals surface area contributed by atoms with Crippen LogP contribution in [0.5, 0.6) is 0 Å². The monoisotopic (exact) mass is 337 g/mol. The maximum Gasteiger partial charge on any atom is 0.411 e. The molecule has 23 heavy (non-hydrogen) atoms. The minimum absolute atomic E-state index is 0.281. The second-order valence-corrected chi connectivity index (χ2v) is 7.60. The molecule has 0 bridgehead atoms. The van der Waals surface area contributed by atoms with E-state index in [1.165, 1.54) is 6.92 Å². The topological polar surface area (TPSA) is 55.8 Å². The van der Waals surface area contributed by atoms with Crippen LogP contribution < -0.4 is 0 Å². The molecule has 0 radical (unpaired) electrons. The fourth-order valence-corrected chi connectivity index (χ4v) is 3.67. The maximum atomic E-state index is 12.4. The third-order valence-electron chi connectivity index (χ3n) is 3.24. The zero-order valence-electron chi connectivity index (χ0n) is 13.9. The molecule has 0 N–H and O–H groups in total. The molecule has 0 spiro atoms. The van der Waals surface area contributed by atoms with E-state index in [1.54, 1.807) is 16.7 Å². The highest BCUT2D eigenvalue weighted by Gasteiger charge is 2.40. The van der Waals surface area contributed by atoms with Crippen LogP contribution >= 0.6 is 11.8 Å². The number of carbonyl (C=O) groups is 2. The molecule has 2 atom stereocenters. The summed E-state index contributed by atoms with van der Waals surface area (Å²) in [6, 6.07) is 9.49. The van der Waals surface area contributed by atoms with Gasteiger partial charge >= 0.3 is 12.1 Å². The number of amides is 1. The van der Waals surface area contributed by atoms with Crippen molar-refractivity contribution in [2.75, 3.05) is 12.3 Å². The van der Waals surface area contributed by atoms with Crippen LogP contribution in [0.25, 0.3) is 0 Å². The Hall–Kier alpha value is -1.69. The second-order valence-electron chi connectivity index (χ2n) is 6.38. The molecule has 6 heteroatoms. The molecule has 0 aliphatic carbocycles. The number of thioether (sulfide) groups is 1. The predicted molar refractivity (Wildman–Crippen MR) is 90.1 cm³/mol. The van der Waals surface area contributed by atoms with E-state index in [2.05, 4.69) is 0 Å². The van der Waals surface area contributed by atoms with Crippen LogP contribution in [-0.4, -0.2) is 40.2 Å². The lowest BCUT2D eigenvalue weighted by atomic mass is 10.1. The molecule has 1 heterocycles. The van der Waals surface area contributed by atoms with Crippen molar-refractivity contribution in [3.63, 3.8) is 0 Å². The summed E-state index contributed by atoms with van der Waals surface area (Å²) in [7, 11) is 0.